The number of hydrogen-bond acceptors (Lipinski definition) is 6. The van der Waals surface area contributed by atoms with Crippen LogP contribution in [0.3, 0.4) is 0 Å². The molecule has 1 aliphatic rings. The van der Waals surface area contributed by atoms with Crippen molar-refractivity contribution in [2.24, 2.45) is 5.10 Å². The summed E-state index contributed by atoms with van der Waals surface area (Å²) < 4.78 is 15.9. The number of methoxy groups -OCH3 is 1. The molecule has 30 heavy (non-hydrogen) atoms. The second kappa shape index (κ2) is 8.52. The number of hydrogen-bond donors (Lipinski definition) is 2. The number of carbonyl (C=O) groups excluding carboxylic acids is 2. The van der Waals surface area contributed by atoms with Gasteiger partial charge in [0.15, 0.2) is 11.5 Å². The predicted molar refractivity (Wildman–Crippen MR) is 111 cm³/mol. The van der Waals surface area contributed by atoms with E-state index in [1.165, 1.54) is 6.21 Å². The summed E-state index contributed by atoms with van der Waals surface area (Å²) in [5.74, 6) is 0.869. The van der Waals surface area contributed by atoms with E-state index in [1.54, 1.807) is 25.3 Å². The molecule has 3 aromatic carbocycles. The van der Waals surface area contributed by atoms with Crippen LogP contribution in [0.25, 0.3) is 10.8 Å². The van der Waals surface area contributed by atoms with Crippen molar-refractivity contribution in [3.63, 3.8) is 0 Å². The SMILES string of the molecule is COc1ccc2ccccc2c1/C=N/NC(=O)CNC(=O)c1ccc2c(c1)OCO2. The molecular weight excluding hydrogens is 386 g/mol. The van der Waals surface area contributed by atoms with E-state index in [0.29, 0.717) is 22.8 Å². The van der Waals surface area contributed by atoms with Gasteiger partial charge in [-0.3, -0.25) is 9.59 Å². The highest BCUT2D eigenvalue weighted by Crippen LogP contribution is 2.32. The molecule has 0 unspecified atom stereocenters. The first-order chi connectivity index (χ1) is 14.7. The monoisotopic (exact) mass is 405 g/mol. The Bertz CT molecular complexity index is 1140. The number of fused-ring (bicyclic) bond motifs is 2. The first-order valence-corrected chi connectivity index (χ1v) is 9.21. The second-order valence-corrected chi connectivity index (χ2v) is 6.45. The lowest BCUT2D eigenvalue weighted by atomic mass is 10.0. The third-order valence-corrected chi connectivity index (χ3v) is 4.58. The van der Waals surface area contributed by atoms with E-state index in [-0.39, 0.29) is 13.3 Å². The van der Waals surface area contributed by atoms with Crippen LogP contribution in [0.4, 0.5) is 0 Å². The van der Waals surface area contributed by atoms with Gasteiger partial charge in [-0.25, -0.2) is 5.43 Å². The van der Waals surface area contributed by atoms with Crippen LogP contribution >= 0.6 is 0 Å². The Labute approximate surface area is 172 Å². The summed E-state index contributed by atoms with van der Waals surface area (Å²) in [5.41, 5.74) is 3.53. The molecule has 0 radical (unpaired) electrons. The summed E-state index contributed by atoms with van der Waals surface area (Å²) in [6.45, 7) is -0.0976. The highest BCUT2D eigenvalue weighted by molar-refractivity contribution is 6.03. The third-order valence-electron chi connectivity index (χ3n) is 4.58. The molecule has 1 aliphatic heterocycles. The summed E-state index contributed by atoms with van der Waals surface area (Å²) in [6.07, 6.45) is 1.53. The minimum absolute atomic E-state index is 0.127. The zero-order valence-corrected chi connectivity index (χ0v) is 16.2. The van der Waals surface area contributed by atoms with E-state index >= 15 is 0 Å². The van der Waals surface area contributed by atoms with Gasteiger partial charge in [-0.05, 0) is 35.0 Å². The maximum atomic E-state index is 12.2. The van der Waals surface area contributed by atoms with Crippen molar-refractivity contribution in [1.82, 2.24) is 10.7 Å². The molecule has 0 spiro atoms. The molecule has 0 aromatic heterocycles. The summed E-state index contributed by atoms with van der Waals surface area (Å²) >= 11 is 0. The number of benzene rings is 3. The first kappa shape index (κ1) is 19.3. The summed E-state index contributed by atoms with van der Waals surface area (Å²) in [6, 6.07) is 16.4. The summed E-state index contributed by atoms with van der Waals surface area (Å²) in [4.78, 5) is 24.3. The van der Waals surface area contributed by atoms with Crippen LogP contribution in [-0.2, 0) is 4.79 Å². The second-order valence-electron chi connectivity index (χ2n) is 6.45. The number of rotatable bonds is 6. The van der Waals surface area contributed by atoms with Gasteiger partial charge in [-0.15, -0.1) is 0 Å². The number of amides is 2. The van der Waals surface area contributed by atoms with Crippen LogP contribution in [0.1, 0.15) is 15.9 Å². The Morgan fingerprint density at radius 1 is 1.10 bits per heavy atom. The van der Waals surface area contributed by atoms with Gasteiger partial charge in [-0.2, -0.15) is 5.10 Å². The van der Waals surface area contributed by atoms with Crippen molar-refractivity contribution < 1.29 is 23.8 Å². The standard InChI is InChI=1S/C22H19N3O5/c1-28-18-8-6-14-4-2-3-5-16(14)17(18)11-24-25-21(26)12-23-22(27)15-7-9-19-20(10-15)30-13-29-19/h2-11H,12-13H2,1H3,(H,23,27)(H,25,26)/b24-11+. The molecular formula is C22H19N3O5. The minimum atomic E-state index is -0.459. The van der Waals surface area contributed by atoms with Gasteiger partial charge < -0.3 is 19.5 Å². The normalized spacial score (nSPS) is 12.2. The molecule has 2 amide bonds. The maximum absolute atomic E-state index is 12.2. The number of carbonyl (C=O) groups is 2. The molecule has 8 nitrogen and oxygen atoms in total. The minimum Gasteiger partial charge on any atom is -0.496 e. The third kappa shape index (κ3) is 4.02. The lowest BCUT2D eigenvalue weighted by molar-refractivity contribution is -0.120. The fourth-order valence-corrected chi connectivity index (χ4v) is 3.10. The quantitative estimate of drug-likeness (QED) is 0.485. The predicted octanol–water partition coefficient (Wildman–Crippen LogP) is 2.46. The fraction of sp³-hybridized carbons (Fsp3) is 0.136. The summed E-state index contributed by atoms with van der Waals surface area (Å²) in [5, 5.41) is 8.53. The first-order valence-electron chi connectivity index (χ1n) is 9.21. The van der Waals surface area contributed by atoms with Crippen LogP contribution < -0.4 is 25.0 Å². The molecule has 2 N–H and O–H groups in total. The van der Waals surface area contributed by atoms with Gasteiger partial charge in [0.05, 0.1) is 19.9 Å². The van der Waals surface area contributed by atoms with E-state index in [9.17, 15) is 9.59 Å². The van der Waals surface area contributed by atoms with Gasteiger partial charge in [0.1, 0.15) is 5.75 Å². The Hall–Kier alpha value is -4.07. The van der Waals surface area contributed by atoms with Crippen molar-refractivity contribution in [3.8, 4) is 17.2 Å². The number of nitrogens with one attached hydrogen (secondary N) is 2. The van der Waals surface area contributed by atoms with Crippen LogP contribution in [-0.4, -0.2) is 38.5 Å². The smallest absolute Gasteiger partial charge is 0.259 e. The Morgan fingerprint density at radius 2 is 1.93 bits per heavy atom. The summed E-state index contributed by atoms with van der Waals surface area (Å²) in [7, 11) is 1.58. The average molecular weight is 405 g/mol. The van der Waals surface area contributed by atoms with E-state index in [1.807, 2.05) is 36.4 Å². The van der Waals surface area contributed by atoms with Gasteiger partial charge in [0.25, 0.3) is 11.8 Å². The van der Waals surface area contributed by atoms with Crippen molar-refractivity contribution in [2.45, 2.75) is 0 Å². The molecule has 0 fully saturated rings. The number of nitrogens with zero attached hydrogens (tertiary/aromatic N) is 1. The molecule has 1 heterocycles. The zero-order chi connectivity index (χ0) is 20.9. The lowest BCUT2D eigenvalue weighted by Crippen LogP contribution is -2.34. The van der Waals surface area contributed by atoms with Crippen molar-refractivity contribution in [3.05, 3.63) is 65.7 Å². The van der Waals surface area contributed by atoms with Gasteiger partial charge in [0.2, 0.25) is 6.79 Å². The molecule has 0 bridgehead atoms. The number of hydrazone groups is 1. The molecule has 4 rings (SSSR count). The molecule has 0 saturated carbocycles. The van der Waals surface area contributed by atoms with E-state index in [4.69, 9.17) is 14.2 Å². The molecule has 8 heteroatoms. The van der Waals surface area contributed by atoms with Crippen LogP contribution in [0.15, 0.2) is 59.7 Å². The Kier molecular flexibility index (Phi) is 5.47. The van der Waals surface area contributed by atoms with Crippen LogP contribution in [0, 0.1) is 0 Å². The van der Waals surface area contributed by atoms with E-state index < -0.39 is 11.8 Å². The van der Waals surface area contributed by atoms with Crippen molar-refractivity contribution in [2.75, 3.05) is 20.4 Å². The molecule has 0 atom stereocenters. The van der Waals surface area contributed by atoms with E-state index in [2.05, 4.69) is 15.8 Å². The Morgan fingerprint density at radius 3 is 2.80 bits per heavy atom. The zero-order valence-electron chi connectivity index (χ0n) is 16.2. The Balaban J connectivity index is 1.37. The maximum Gasteiger partial charge on any atom is 0.259 e. The van der Waals surface area contributed by atoms with Gasteiger partial charge >= 0.3 is 0 Å². The largest absolute Gasteiger partial charge is 0.496 e. The number of ether oxygens (including phenoxy) is 3. The lowest BCUT2D eigenvalue weighted by Gasteiger charge is -2.08. The molecule has 3 aromatic rings. The fourth-order valence-electron chi connectivity index (χ4n) is 3.10. The highest BCUT2D eigenvalue weighted by atomic mass is 16.7. The molecule has 0 saturated heterocycles. The molecule has 0 aliphatic carbocycles. The van der Waals surface area contributed by atoms with Gasteiger partial charge in [0, 0.05) is 11.1 Å². The van der Waals surface area contributed by atoms with E-state index in [0.717, 1.165) is 16.3 Å². The van der Waals surface area contributed by atoms with Crippen LogP contribution in [0.5, 0.6) is 17.2 Å². The average Bonchev–Trinajstić information content (AvgIpc) is 3.25. The van der Waals surface area contributed by atoms with Crippen LogP contribution in [0.2, 0.25) is 0 Å². The van der Waals surface area contributed by atoms with Crippen molar-refractivity contribution in [1.29, 1.82) is 0 Å². The topological polar surface area (TPSA) is 98.2 Å². The highest BCUT2D eigenvalue weighted by Gasteiger charge is 2.16. The molecule has 152 valence electrons. The van der Waals surface area contributed by atoms with Crippen molar-refractivity contribution >= 4 is 28.8 Å². The van der Waals surface area contributed by atoms with Gasteiger partial charge in [-0.1, -0.05) is 30.3 Å².